The maximum Gasteiger partial charge on any atom is 0.292 e. The average Bonchev–Trinajstić information content (AvgIpc) is 3.39. The van der Waals surface area contributed by atoms with Crippen LogP contribution in [0, 0.1) is 5.92 Å². The van der Waals surface area contributed by atoms with E-state index in [1.165, 1.54) is 82.3 Å². The predicted octanol–water partition coefficient (Wildman–Crippen LogP) is 11.8. The summed E-state index contributed by atoms with van der Waals surface area (Å²) in [6.45, 7) is 8.42. The van der Waals surface area contributed by atoms with Crippen molar-refractivity contribution in [2.75, 3.05) is 6.73 Å². The lowest BCUT2D eigenvalue weighted by Gasteiger charge is -2.14. The Kier molecular flexibility index (Phi) is 11.8. The highest BCUT2D eigenvalue weighted by atomic mass is 16.5. The molecule has 4 aromatic rings. The van der Waals surface area contributed by atoms with E-state index in [1.54, 1.807) is 13.0 Å². The molecule has 6 rings (SSSR count). The molecule has 0 heterocycles. The molecular formula is C47H52NO2+. The number of ether oxygens (including phenoxy) is 1. The molecule has 0 amide bonds. The zero-order chi connectivity index (χ0) is 34.9. The van der Waals surface area contributed by atoms with Crippen LogP contribution in [0.25, 0.3) is 16.7 Å². The molecule has 0 aliphatic heterocycles. The van der Waals surface area contributed by atoms with Crippen molar-refractivity contribution in [2.24, 2.45) is 5.92 Å². The fourth-order valence-electron chi connectivity index (χ4n) is 7.54. The Morgan fingerprint density at radius 3 is 2.18 bits per heavy atom. The molecule has 0 bridgehead atoms. The van der Waals surface area contributed by atoms with Crippen LogP contribution in [0.4, 0.5) is 5.69 Å². The van der Waals surface area contributed by atoms with Gasteiger partial charge in [0, 0.05) is 29.7 Å². The lowest BCUT2D eigenvalue weighted by atomic mass is 9.94. The van der Waals surface area contributed by atoms with Crippen LogP contribution in [0.5, 0.6) is 0 Å². The van der Waals surface area contributed by atoms with Crippen LogP contribution >= 0.6 is 0 Å². The van der Waals surface area contributed by atoms with E-state index in [-0.39, 0.29) is 5.78 Å². The van der Waals surface area contributed by atoms with Crippen LogP contribution in [0.2, 0.25) is 0 Å². The number of benzene rings is 4. The van der Waals surface area contributed by atoms with Gasteiger partial charge in [0.2, 0.25) is 5.69 Å². The number of hydrogen-bond acceptors (Lipinski definition) is 2. The minimum absolute atomic E-state index is 0.0102. The second-order valence-electron chi connectivity index (χ2n) is 14.1. The molecule has 3 heteroatoms. The summed E-state index contributed by atoms with van der Waals surface area (Å²) in [7, 11) is 0. The Morgan fingerprint density at radius 1 is 0.760 bits per heavy atom. The predicted molar refractivity (Wildman–Crippen MR) is 209 cm³/mol. The summed E-state index contributed by atoms with van der Waals surface area (Å²) in [5.74, 6) is 1.28. The molecule has 256 valence electrons. The highest BCUT2D eigenvalue weighted by Gasteiger charge is 2.39. The quantitative estimate of drug-likeness (QED) is 0.0442. The molecule has 0 N–H and O–H groups in total. The number of nitrogens with zero attached hydrogens (tertiary/aromatic N) is 1. The van der Waals surface area contributed by atoms with Crippen LogP contribution in [0.15, 0.2) is 127 Å². The monoisotopic (exact) mass is 662 g/mol. The molecule has 2 aliphatic carbocycles. The van der Waals surface area contributed by atoms with Crippen molar-refractivity contribution in [3.8, 4) is 11.1 Å². The van der Waals surface area contributed by atoms with Gasteiger partial charge in [0.25, 0.3) is 6.73 Å². The SMILES string of the molecule is CC(=O)/C=C(/C)OC/[N+](=C1\c2cc(-c3cccc(CCCCCCc4ccccc4)c3)ccc2C(C)C1C)c1ccc(C2=CC=CCC2)cc1. The van der Waals surface area contributed by atoms with Crippen molar-refractivity contribution in [1.82, 2.24) is 0 Å². The fraction of sp³-hybridized carbons (Fsp3) is 0.319. The number of carbonyl (C=O) groups is 1. The molecule has 2 aliphatic rings. The van der Waals surface area contributed by atoms with Gasteiger partial charge >= 0.3 is 0 Å². The zero-order valence-electron chi connectivity index (χ0n) is 30.3. The molecular weight excluding hydrogens is 611 g/mol. The first-order valence-electron chi connectivity index (χ1n) is 18.6. The van der Waals surface area contributed by atoms with E-state index in [0.29, 0.717) is 24.3 Å². The van der Waals surface area contributed by atoms with Gasteiger partial charge in [-0.3, -0.25) is 4.79 Å². The topological polar surface area (TPSA) is 29.3 Å². The first-order chi connectivity index (χ1) is 24.4. The van der Waals surface area contributed by atoms with Crippen molar-refractivity contribution < 1.29 is 14.1 Å². The molecule has 50 heavy (non-hydrogen) atoms. The lowest BCUT2D eigenvalue weighted by molar-refractivity contribution is -0.488. The molecule has 4 aromatic carbocycles. The Hall–Kier alpha value is -4.76. The van der Waals surface area contributed by atoms with E-state index in [4.69, 9.17) is 4.74 Å². The largest absolute Gasteiger partial charge is 0.440 e. The molecule has 0 spiro atoms. The number of carbonyl (C=O) groups excluding carboxylic acids is 1. The third-order valence-electron chi connectivity index (χ3n) is 10.5. The van der Waals surface area contributed by atoms with Crippen molar-refractivity contribution in [2.45, 2.75) is 85.0 Å². The van der Waals surface area contributed by atoms with Gasteiger partial charge in [-0.15, -0.1) is 0 Å². The summed E-state index contributed by atoms with van der Waals surface area (Å²) in [4.78, 5) is 11.8. The first-order valence-corrected chi connectivity index (χ1v) is 18.6. The summed E-state index contributed by atoms with van der Waals surface area (Å²) in [5, 5.41) is 0. The highest BCUT2D eigenvalue weighted by Crippen LogP contribution is 2.41. The normalized spacial score (nSPS) is 18.1. The number of rotatable bonds is 14. The average molecular weight is 663 g/mol. The van der Waals surface area contributed by atoms with E-state index in [2.05, 4.69) is 134 Å². The summed E-state index contributed by atoms with van der Waals surface area (Å²) in [5.41, 5.74) is 13.0. The van der Waals surface area contributed by atoms with Crippen molar-refractivity contribution in [3.05, 3.63) is 155 Å². The second-order valence-corrected chi connectivity index (χ2v) is 14.1. The second kappa shape index (κ2) is 16.8. The van der Waals surface area contributed by atoms with E-state index in [1.807, 2.05) is 6.92 Å². The molecule has 2 atom stereocenters. The molecule has 0 radical (unpaired) electrons. The maximum atomic E-state index is 11.8. The van der Waals surface area contributed by atoms with Gasteiger partial charge in [0.15, 0.2) is 11.5 Å². The Labute approximate surface area is 299 Å². The first kappa shape index (κ1) is 35.1. The summed E-state index contributed by atoms with van der Waals surface area (Å²) in [6, 6.07) is 35.9. The van der Waals surface area contributed by atoms with Crippen LogP contribution in [-0.2, 0) is 22.4 Å². The summed E-state index contributed by atoms with van der Waals surface area (Å²) in [6.07, 6.45) is 17.6. The number of unbranched alkanes of at least 4 members (excludes halogenated alkanes) is 3. The molecule has 0 fully saturated rings. The van der Waals surface area contributed by atoms with Crippen LogP contribution in [0.3, 0.4) is 0 Å². The minimum Gasteiger partial charge on any atom is -0.440 e. The van der Waals surface area contributed by atoms with Gasteiger partial charge in [0.1, 0.15) is 5.76 Å². The van der Waals surface area contributed by atoms with Crippen molar-refractivity contribution >= 4 is 22.8 Å². The molecule has 0 aromatic heterocycles. The Bertz CT molecular complexity index is 1910. The van der Waals surface area contributed by atoms with Crippen molar-refractivity contribution in [3.63, 3.8) is 0 Å². The summed E-state index contributed by atoms with van der Waals surface area (Å²) < 4.78 is 8.59. The molecule has 2 unspecified atom stereocenters. The lowest BCUT2D eigenvalue weighted by Crippen LogP contribution is -2.24. The van der Waals surface area contributed by atoms with Gasteiger partial charge in [0.05, 0.1) is 0 Å². The van der Waals surface area contributed by atoms with Crippen LogP contribution in [-0.4, -0.2) is 22.8 Å². The van der Waals surface area contributed by atoms with Gasteiger partial charge in [-0.2, -0.15) is 4.58 Å². The standard InChI is InChI=1S/C47H52NO2/c1-34(49)30-35(2)50-33-48(44-27-24-41(25-28-44)40-21-13-8-14-22-40)47-37(4)36(3)45-29-26-43(32-46(45)47)42-23-15-20-39(31-42)19-10-6-5-9-16-38-17-11-7-12-18-38/h7-8,11-13,15,17-18,20-21,23-32,36-37H,5-6,9-10,14,16,19,22,33H2,1-4H3/q+1/b35-30-,48-47+. The van der Waals surface area contributed by atoms with E-state index >= 15 is 0 Å². The summed E-state index contributed by atoms with van der Waals surface area (Å²) >= 11 is 0. The number of ketones is 1. The maximum absolute atomic E-state index is 11.8. The van der Waals surface area contributed by atoms with Crippen LogP contribution < -0.4 is 0 Å². The molecule has 0 saturated carbocycles. The van der Waals surface area contributed by atoms with Crippen LogP contribution in [0.1, 0.15) is 100.0 Å². The molecule has 0 saturated heterocycles. The Morgan fingerprint density at radius 2 is 1.46 bits per heavy atom. The Balaban J connectivity index is 1.25. The van der Waals surface area contributed by atoms with Gasteiger partial charge < -0.3 is 4.74 Å². The number of fused-ring (bicyclic) bond motifs is 1. The highest BCUT2D eigenvalue weighted by molar-refractivity contribution is 6.05. The van der Waals surface area contributed by atoms with E-state index < -0.39 is 0 Å². The number of allylic oxidation sites excluding steroid dienone is 6. The van der Waals surface area contributed by atoms with Gasteiger partial charge in [-0.1, -0.05) is 112 Å². The minimum atomic E-state index is -0.0102. The fourth-order valence-corrected chi connectivity index (χ4v) is 7.54. The molecule has 3 nitrogen and oxygen atoms in total. The van der Waals surface area contributed by atoms with E-state index in [9.17, 15) is 4.79 Å². The third-order valence-corrected chi connectivity index (χ3v) is 10.5. The van der Waals surface area contributed by atoms with Gasteiger partial charge in [-0.25, -0.2) is 0 Å². The zero-order valence-corrected chi connectivity index (χ0v) is 30.3. The number of hydrogen-bond donors (Lipinski definition) is 0. The van der Waals surface area contributed by atoms with Gasteiger partial charge in [-0.05, 0) is 115 Å². The smallest absolute Gasteiger partial charge is 0.292 e. The third kappa shape index (κ3) is 8.69. The number of aryl methyl sites for hydroxylation is 2. The van der Waals surface area contributed by atoms with Crippen molar-refractivity contribution in [1.29, 1.82) is 0 Å². The van der Waals surface area contributed by atoms with E-state index in [0.717, 1.165) is 24.9 Å².